The predicted octanol–water partition coefficient (Wildman–Crippen LogP) is -3.11. The summed E-state index contributed by atoms with van der Waals surface area (Å²) in [5.41, 5.74) is 0.688. The fourth-order valence-corrected chi connectivity index (χ4v) is 1.02. The van der Waals surface area contributed by atoms with Crippen LogP contribution < -0.4 is 17.0 Å². The molecule has 5 heteroatoms. The van der Waals surface area contributed by atoms with E-state index in [2.05, 4.69) is 0 Å². The molecule has 0 bridgehead atoms. The van der Waals surface area contributed by atoms with Gasteiger partial charge in [0.05, 0.1) is 0 Å². The van der Waals surface area contributed by atoms with Crippen LogP contribution in [0.4, 0.5) is 0 Å². The fraction of sp³-hybridized carbons (Fsp3) is 0.375. The first-order chi connectivity index (χ1) is 5.16. The van der Waals surface area contributed by atoms with Gasteiger partial charge in [-0.15, -0.1) is 0 Å². The Morgan fingerprint density at radius 2 is 1.92 bits per heavy atom. The zero-order valence-electron chi connectivity index (χ0n) is 7.58. The van der Waals surface area contributed by atoms with Crippen LogP contribution >= 0.6 is 0 Å². The van der Waals surface area contributed by atoms with E-state index in [1.54, 1.807) is 13.1 Å². The summed E-state index contributed by atoms with van der Waals surface area (Å²) in [6, 6.07) is 1.48. The monoisotopic (exact) mass is 207 g/mol. The van der Waals surface area contributed by atoms with Crippen molar-refractivity contribution in [2.75, 3.05) is 0 Å². The molecule has 0 amide bonds. The molecule has 76 valence electrons. The molecule has 0 spiro atoms. The minimum Gasteiger partial charge on any atom is -1.00 e. The zero-order valence-corrected chi connectivity index (χ0v) is 8.34. The maximum absolute atomic E-state index is 9.25. The van der Waals surface area contributed by atoms with E-state index in [9.17, 15) is 5.11 Å². The Bertz CT molecular complexity index is 278. The van der Waals surface area contributed by atoms with Crippen molar-refractivity contribution >= 4 is 0 Å². The molecule has 0 fully saturated rings. The number of pyridine rings is 1. The molecule has 0 aromatic carbocycles. The number of aryl methyl sites for hydroxylation is 1. The molecular formula is C8H14ClNO3. The molecule has 1 aromatic rings. The summed E-state index contributed by atoms with van der Waals surface area (Å²) in [4.78, 5) is 0. The second kappa shape index (κ2) is 5.61. The molecule has 0 aliphatic rings. The van der Waals surface area contributed by atoms with Gasteiger partial charge in [0, 0.05) is 13.0 Å². The SMILES string of the molecule is CC[n+]1ccc(O)c(O)c1C.O.[Cl-]. The van der Waals surface area contributed by atoms with E-state index in [0.717, 1.165) is 6.54 Å². The minimum atomic E-state index is -0.0628. The van der Waals surface area contributed by atoms with Gasteiger partial charge in [-0.25, -0.2) is 0 Å². The third-order valence-corrected chi connectivity index (χ3v) is 1.77. The molecule has 1 aromatic heterocycles. The van der Waals surface area contributed by atoms with E-state index in [4.69, 9.17) is 5.11 Å². The molecule has 13 heavy (non-hydrogen) atoms. The highest BCUT2D eigenvalue weighted by Crippen LogP contribution is 2.24. The average molecular weight is 208 g/mol. The Hall–Kier alpha value is -1.00. The summed E-state index contributed by atoms with van der Waals surface area (Å²) >= 11 is 0. The molecule has 0 aliphatic carbocycles. The van der Waals surface area contributed by atoms with Crippen molar-refractivity contribution in [3.8, 4) is 11.5 Å². The fourth-order valence-electron chi connectivity index (χ4n) is 1.02. The van der Waals surface area contributed by atoms with Crippen molar-refractivity contribution < 1.29 is 32.7 Å². The molecule has 4 nitrogen and oxygen atoms in total. The molecule has 0 unspecified atom stereocenters. The Morgan fingerprint density at radius 1 is 1.38 bits per heavy atom. The number of aromatic hydroxyl groups is 2. The van der Waals surface area contributed by atoms with Crippen molar-refractivity contribution in [3.63, 3.8) is 0 Å². The first kappa shape index (κ1) is 14.5. The van der Waals surface area contributed by atoms with Gasteiger partial charge in [0.2, 0.25) is 11.4 Å². The maximum atomic E-state index is 9.25. The van der Waals surface area contributed by atoms with Crippen LogP contribution in [0.1, 0.15) is 12.6 Å². The second-order valence-electron chi connectivity index (χ2n) is 2.42. The van der Waals surface area contributed by atoms with Crippen LogP contribution in [0.25, 0.3) is 0 Å². The van der Waals surface area contributed by atoms with Gasteiger partial charge in [-0.1, -0.05) is 0 Å². The smallest absolute Gasteiger partial charge is 0.226 e. The summed E-state index contributed by atoms with van der Waals surface area (Å²) in [5, 5.41) is 18.3. The van der Waals surface area contributed by atoms with Crippen LogP contribution in [0, 0.1) is 6.92 Å². The molecule has 0 atom stereocenters. The van der Waals surface area contributed by atoms with Crippen LogP contribution in [0.3, 0.4) is 0 Å². The molecule has 1 rings (SSSR count). The number of hydrogen-bond acceptors (Lipinski definition) is 2. The molecular weight excluding hydrogens is 194 g/mol. The molecule has 4 N–H and O–H groups in total. The molecule has 0 saturated carbocycles. The number of nitrogens with zero attached hydrogens (tertiary/aromatic N) is 1. The number of aromatic nitrogens is 1. The van der Waals surface area contributed by atoms with Crippen molar-refractivity contribution in [3.05, 3.63) is 18.0 Å². The largest absolute Gasteiger partial charge is 1.00 e. The maximum Gasteiger partial charge on any atom is 0.226 e. The van der Waals surface area contributed by atoms with Gasteiger partial charge in [-0.3, -0.25) is 0 Å². The van der Waals surface area contributed by atoms with Gasteiger partial charge in [-0.2, -0.15) is 4.57 Å². The highest BCUT2D eigenvalue weighted by atomic mass is 35.5. The topological polar surface area (TPSA) is 75.8 Å². The summed E-state index contributed by atoms with van der Waals surface area (Å²) in [5.74, 6) is -0.0958. The molecule has 0 saturated heterocycles. The lowest BCUT2D eigenvalue weighted by Gasteiger charge is -2.00. The third-order valence-electron chi connectivity index (χ3n) is 1.77. The molecule has 0 radical (unpaired) electrons. The van der Waals surface area contributed by atoms with Crippen molar-refractivity contribution in [2.24, 2.45) is 0 Å². The predicted molar refractivity (Wildman–Crippen MR) is 44.0 cm³/mol. The lowest BCUT2D eigenvalue weighted by molar-refractivity contribution is -0.699. The van der Waals surface area contributed by atoms with Gasteiger partial charge < -0.3 is 28.1 Å². The summed E-state index contributed by atoms with van der Waals surface area (Å²) < 4.78 is 1.86. The summed E-state index contributed by atoms with van der Waals surface area (Å²) in [7, 11) is 0. The third kappa shape index (κ3) is 2.75. The standard InChI is InChI=1S/C8H11NO2.ClH.H2O/c1-3-9-5-4-7(10)8(11)6(9)2;;/h4-5,11H,3H2,1-2H3;1H;1H2. The Labute approximate surface area is 83.2 Å². The minimum absolute atomic E-state index is 0. The Morgan fingerprint density at radius 3 is 2.38 bits per heavy atom. The number of hydrogen-bond donors (Lipinski definition) is 2. The van der Waals surface area contributed by atoms with Gasteiger partial charge >= 0.3 is 0 Å². The van der Waals surface area contributed by atoms with E-state index in [1.807, 2.05) is 11.5 Å². The first-order valence-corrected chi connectivity index (χ1v) is 3.57. The number of halogens is 1. The van der Waals surface area contributed by atoms with E-state index >= 15 is 0 Å². The normalized spacial score (nSPS) is 8.46. The molecule has 1 heterocycles. The van der Waals surface area contributed by atoms with E-state index in [0.29, 0.717) is 5.69 Å². The first-order valence-electron chi connectivity index (χ1n) is 3.57. The zero-order chi connectivity index (χ0) is 8.43. The lowest BCUT2D eigenvalue weighted by atomic mass is 10.3. The lowest BCUT2D eigenvalue weighted by Crippen LogP contribution is -3.00. The highest BCUT2D eigenvalue weighted by molar-refractivity contribution is 5.36. The van der Waals surface area contributed by atoms with Crippen LogP contribution in [0.2, 0.25) is 0 Å². The second-order valence-corrected chi connectivity index (χ2v) is 2.42. The van der Waals surface area contributed by atoms with Crippen molar-refractivity contribution in [2.45, 2.75) is 20.4 Å². The van der Waals surface area contributed by atoms with Crippen molar-refractivity contribution in [1.82, 2.24) is 0 Å². The van der Waals surface area contributed by atoms with Crippen molar-refractivity contribution in [1.29, 1.82) is 0 Å². The van der Waals surface area contributed by atoms with Gasteiger partial charge in [0.1, 0.15) is 6.54 Å². The van der Waals surface area contributed by atoms with Crippen LogP contribution in [0.15, 0.2) is 12.3 Å². The summed E-state index contributed by atoms with van der Waals surface area (Å²) in [6.07, 6.45) is 1.74. The van der Waals surface area contributed by atoms with Crippen LogP contribution in [-0.4, -0.2) is 15.7 Å². The van der Waals surface area contributed by atoms with Gasteiger partial charge in [0.25, 0.3) is 0 Å². The average Bonchev–Trinajstić information content (AvgIpc) is 2.01. The van der Waals surface area contributed by atoms with Crippen LogP contribution in [-0.2, 0) is 6.54 Å². The number of rotatable bonds is 1. The van der Waals surface area contributed by atoms with Crippen LogP contribution in [0.5, 0.6) is 11.5 Å². The van der Waals surface area contributed by atoms with Gasteiger partial charge in [-0.05, 0) is 6.92 Å². The van der Waals surface area contributed by atoms with E-state index in [-0.39, 0.29) is 29.4 Å². The highest BCUT2D eigenvalue weighted by Gasteiger charge is 2.12. The quantitative estimate of drug-likeness (QED) is 0.479. The van der Waals surface area contributed by atoms with E-state index in [1.165, 1.54) is 6.07 Å². The van der Waals surface area contributed by atoms with E-state index < -0.39 is 0 Å². The molecule has 0 aliphatic heterocycles. The Kier molecular flexibility index (Phi) is 6.27. The summed E-state index contributed by atoms with van der Waals surface area (Å²) in [6.45, 7) is 4.53. The van der Waals surface area contributed by atoms with Gasteiger partial charge in [0.15, 0.2) is 11.9 Å². The Balaban J connectivity index is 0.